The fraction of sp³-hybridized carbons (Fsp3) is 0.286. The summed E-state index contributed by atoms with van der Waals surface area (Å²) in [6, 6.07) is 3.78. The summed E-state index contributed by atoms with van der Waals surface area (Å²) >= 11 is 5.83. The van der Waals surface area contributed by atoms with Crippen LogP contribution in [0.4, 0.5) is 13.6 Å². The first-order valence-electron chi connectivity index (χ1n) is 6.66. The highest BCUT2D eigenvalue weighted by molar-refractivity contribution is 6.30. The average Bonchev–Trinajstić information content (AvgIpc) is 2.90. The van der Waals surface area contributed by atoms with E-state index < -0.39 is 12.6 Å². The summed E-state index contributed by atoms with van der Waals surface area (Å²) in [5.74, 6) is -0.0306. The third-order valence-electron chi connectivity index (χ3n) is 2.89. The second-order valence-electron chi connectivity index (χ2n) is 4.69. The van der Waals surface area contributed by atoms with Gasteiger partial charge in [0.2, 0.25) is 0 Å². The highest BCUT2D eigenvalue weighted by Gasteiger charge is 2.11. The zero-order valence-electron chi connectivity index (χ0n) is 12.2. The van der Waals surface area contributed by atoms with E-state index in [1.165, 1.54) is 18.2 Å². The minimum atomic E-state index is -2.95. The lowest BCUT2D eigenvalue weighted by Gasteiger charge is -2.12. The molecule has 0 atom stereocenters. The molecule has 0 unspecified atom stereocenters. The van der Waals surface area contributed by atoms with Gasteiger partial charge in [0.05, 0.1) is 6.20 Å². The molecule has 2 aromatic rings. The number of aromatic nitrogens is 2. The maximum Gasteiger partial charge on any atom is 0.387 e. The largest absolute Gasteiger partial charge is 0.434 e. The normalized spacial score (nSPS) is 10.7. The number of amides is 2. The molecule has 2 rings (SSSR count). The number of nitrogens with one attached hydrogen (secondary N) is 2. The number of urea groups is 1. The molecule has 0 bridgehead atoms. The predicted molar refractivity (Wildman–Crippen MR) is 80.4 cm³/mol. The number of ether oxygens (including phenoxy) is 1. The number of nitrogens with zero attached hydrogens (tertiary/aromatic N) is 2. The van der Waals surface area contributed by atoms with Crippen LogP contribution in [0.2, 0.25) is 5.02 Å². The summed E-state index contributed by atoms with van der Waals surface area (Å²) in [6.07, 6.45) is 3.40. The van der Waals surface area contributed by atoms with Crippen molar-refractivity contribution in [1.29, 1.82) is 0 Å². The smallest absolute Gasteiger partial charge is 0.387 e. The van der Waals surface area contributed by atoms with Gasteiger partial charge in [-0.3, -0.25) is 4.68 Å². The average molecular weight is 345 g/mol. The summed E-state index contributed by atoms with van der Waals surface area (Å²) < 4.78 is 30.7. The highest BCUT2D eigenvalue weighted by atomic mass is 35.5. The molecule has 2 N–H and O–H groups in total. The molecule has 0 saturated heterocycles. The summed E-state index contributed by atoms with van der Waals surface area (Å²) in [7, 11) is 1.77. The van der Waals surface area contributed by atoms with E-state index in [4.69, 9.17) is 11.6 Å². The van der Waals surface area contributed by atoms with E-state index in [9.17, 15) is 13.6 Å². The van der Waals surface area contributed by atoms with Crippen molar-refractivity contribution in [2.75, 3.05) is 0 Å². The lowest BCUT2D eigenvalue weighted by Crippen LogP contribution is -2.34. The molecule has 2 amide bonds. The molecule has 1 aromatic heterocycles. The van der Waals surface area contributed by atoms with Gasteiger partial charge < -0.3 is 15.4 Å². The van der Waals surface area contributed by atoms with Crippen molar-refractivity contribution in [2.45, 2.75) is 19.7 Å². The zero-order chi connectivity index (χ0) is 16.8. The summed E-state index contributed by atoms with van der Waals surface area (Å²) in [4.78, 5) is 11.7. The second-order valence-corrected chi connectivity index (χ2v) is 5.13. The monoisotopic (exact) mass is 344 g/mol. The van der Waals surface area contributed by atoms with E-state index in [-0.39, 0.29) is 12.3 Å². The van der Waals surface area contributed by atoms with Crippen molar-refractivity contribution in [3.63, 3.8) is 0 Å². The fourth-order valence-corrected chi connectivity index (χ4v) is 2.08. The fourth-order valence-electron chi connectivity index (χ4n) is 1.88. The van der Waals surface area contributed by atoms with Gasteiger partial charge in [-0.05, 0) is 18.2 Å². The minimum absolute atomic E-state index is 0.00147. The molecule has 0 spiro atoms. The molecule has 0 aliphatic heterocycles. The van der Waals surface area contributed by atoms with Gasteiger partial charge in [-0.2, -0.15) is 13.9 Å². The molecule has 0 aliphatic rings. The number of alkyl halides is 2. The van der Waals surface area contributed by atoms with E-state index in [0.717, 1.165) is 5.56 Å². The van der Waals surface area contributed by atoms with Crippen LogP contribution in [0.15, 0.2) is 30.6 Å². The number of carbonyl (C=O) groups is 1. The van der Waals surface area contributed by atoms with E-state index in [1.807, 2.05) is 0 Å². The Morgan fingerprint density at radius 1 is 1.39 bits per heavy atom. The van der Waals surface area contributed by atoms with Crippen molar-refractivity contribution >= 4 is 17.6 Å². The third kappa shape index (κ3) is 5.41. The summed E-state index contributed by atoms with van der Waals surface area (Å²) in [6.45, 7) is -2.65. The van der Waals surface area contributed by atoms with Crippen LogP contribution in [0, 0.1) is 0 Å². The first-order chi connectivity index (χ1) is 10.9. The van der Waals surface area contributed by atoms with Crippen LogP contribution in [0.1, 0.15) is 11.1 Å². The van der Waals surface area contributed by atoms with Crippen LogP contribution in [0.3, 0.4) is 0 Å². The molecule has 124 valence electrons. The number of hydrogen-bond acceptors (Lipinski definition) is 3. The molecular weight excluding hydrogens is 330 g/mol. The molecule has 9 heteroatoms. The topological polar surface area (TPSA) is 68.2 Å². The van der Waals surface area contributed by atoms with Crippen LogP contribution in [0.25, 0.3) is 0 Å². The van der Waals surface area contributed by atoms with Crippen LogP contribution in [0.5, 0.6) is 5.75 Å². The van der Waals surface area contributed by atoms with Gasteiger partial charge in [-0.15, -0.1) is 0 Å². The minimum Gasteiger partial charge on any atom is -0.434 e. The van der Waals surface area contributed by atoms with Gasteiger partial charge in [0.25, 0.3) is 0 Å². The molecule has 1 aromatic carbocycles. The van der Waals surface area contributed by atoms with Gasteiger partial charge in [0, 0.05) is 42.5 Å². The Hall–Kier alpha value is -2.35. The van der Waals surface area contributed by atoms with Crippen LogP contribution in [-0.4, -0.2) is 22.4 Å². The molecule has 1 heterocycles. The summed E-state index contributed by atoms with van der Waals surface area (Å²) in [5, 5.41) is 9.53. The van der Waals surface area contributed by atoms with Crippen molar-refractivity contribution in [3.05, 3.63) is 46.7 Å². The van der Waals surface area contributed by atoms with E-state index in [0.29, 0.717) is 17.1 Å². The Labute approximate surface area is 136 Å². The molecule has 0 saturated carbocycles. The molecular formula is C14H15ClF2N4O2. The molecule has 6 nitrogen and oxygen atoms in total. The van der Waals surface area contributed by atoms with E-state index in [1.54, 1.807) is 24.1 Å². The van der Waals surface area contributed by atoms with E-state index >= 15 is 0 Å². The molecule has 0 radical (unpaired) electrons. The zero-order valence-corrected chi connectivity index (χ0v) is 13.0. The lowest BCUT2D eigenvalue weighted by atomic mass is 10.2. The maximum absolute atomic E-state index is 12.3. The number of carbonyl (C=O) groups excluding carboxylic acids is 1. The number of rotatable bonds is 6. The predicted octanol–water partition coefficient (Wildman–Crippen LogP) is 2.67. The van der Waals surface area contributed by atoms with E-state index in [2.05, 4.69) is 20.5 Å². The van der Waals surface area contributed by atoms with Crippen LogP contribution in [-0.2, 0) is 20.1 Å². The lowest BCUT2D eigenvalue weighted by molar-refractivity contribution is -0.0504. The first kappa shape index (κ1) is 17.0. The molecule has 0 fully saturated rings. The van der Waals surface area contributed by atoms with Crippen molar-refractivity contribution in [1.82, 2.24) is 20.4 Å². The Morgan fingerprint density at radius 2 is 2.13 bits per heavy atom. The Morgan fingerprint density at radius 3 is 2.78 bits per heavy atom. The number of halogens is 3. The second kappa shape index (κ2) is 7.77. The van der Waals surface area contributed by atoms with Crippen LogP contribution >= 0.6 is 11.6 Å². The maximum atomic E-state index is 12.3. The Bertz CT molecular complexity index is 679. The van der Waals surface area contributed by atoms with Crippen molar-refractivity contribution in [2.24, 2.45) is 7.05 Å². The van der Waals surface area contributed by atoms with Crippen molar-refractivity contribution in [3.8, 4) is 5.75 Å². The SMILES string of the molecule is Cn1cc(CNC(=O)NCc2cc(Cl)ccc2OC(F)F)cn1. The number of benzene rings is 1. The van der Waals surface area contributed by atoms with Gasteiger partial charge >= 0.3 is 12.6 Å². The van der Waals surface area contributed by atoms with Crippen LogP contribution < -0.4 is 15.4 Å². The van der Waals surface area contributed by atoms with Gasteiger partial charge in [0.1, 0.15) is 5.75 Å². The quantitative estimate of drug-likeness (QED) is 0.846. The molecule has 0 aliphatic carbocycles. The standard InChI is InChI=1S/C14H15ClF2N4O2/c1-21-8-9(6-20-21)5-18-14(22)19-7-10-4-11(15)2-3-12(10)23-13(16)17/h2-4,6,8,13H,5,7H2,1H3,(H2,18,19,22). The first-order valence-corrected chi connectivity index (χ1v) is 7.04. The van der Waals surface area contributed by atoms with Crippen molar-refractivity contribution < 1.29 is 18.3 Å². The molecule has 23 heavy (non-hydrogen) atoms. The Balaban J connectivity index is 1.89. The van der Waals surface area contributed by atoms with Gasteiger partial charge in [0.15, 0.2) is 0 Å². The van der Waals surface area contributed by atoms with Gasteiger partial charge in [-0.25, -0.2) is 4.79 Å². The third-order valence-corrected chi connectivity index (χ3v) is 3.12. The Kier molecular flexibility index (Phi) is 5.75. The summed E-state index contributed by atoms with van der Waals surface area (Å²) in [5.41, 5.74) is 1.20. The number of aryl methyl sites for hydroxylation is 1. The highest BCUT2D eigenvalue weighted by Crippen LogP contribution is 2.24. The van der Waals surface area contributed by atoms with Gasteiger partial charge in [-0.1, -0.05) is 11.6 Å². The number of hydrogen-bond donors (Lipinski definition) is 2.